The van der Waals surface area contributed by atoms with Crippen molar-refractivity contribution in [1.82, 2.24) is 5.48 Å². The van der Waals surface area contributed by atoms with Crippen LogP contribution in [0.3, 0.4) is 0 Å². The molecule has 2 N–H and O–H groups in total. The van der Waals surface area contributed by atoms with Gasteiger partial charge in [0.15, 0.2) is 0 Å². The maximum Gasteiger partial charge on any atom is 0.265 e. The summed E-state index contributed by atoms with van der Waals surface area (Å²) in [7, 11) is -3.81. The number of nitrogens with zero attached hydrogens (tertiary/aromatic N) is 1. The summed E-state index contributed by atoms with van der Waals surface area (Å²) in [5.74, 6) is -0.650. The Hall–Kier alpha value is -3.16. The molecule has 1 heterocycles. The van der Waals surface area contributed by atoms with E-state index in [9.17, 15) is 13.2 Å². The molecule has 1 aliphatic rings. The highest BCUT2D eigenvalue weighted by molar-refractivity contribution is 7.93. The van der Waals surface area contributed by atoms with Crippen molar-refractivity contribution in [3.05, 3.63) is 84.4 Å². The third kappa shape index (κ3) is 3.04. The van der Waals surface area contributed by atoms with E-state index in [1.807, 2.05) is 42.5 Å². The van der Waals surface area contributed by atoms with Crippen LogP contribution < -0.4 is 9.79 Å². The van der Waals surface area contributed by atoms with E-state index in [0.29, 0.717) is 11.3 Å². The Morgan fingerprint density at radius 3 is 2.18 bits per heavy atom. The lowest BCUT2D eigenvalue weighted by Gasteiger charge is -2.25. The molecule has 28 heavy (non-hydrogen) atoms. The van der Waals surface area contributed by atoms with Crippen LogP contribution in [0.1, 0.15) is 18.0 Å². The van der Waals surface area contributed by atoms with Gasteiger partial charge in [-0.1, -0.05) is 60.7 Å². The number of sulfonamides is 1. The van der Waals surface area contributed by atoms with Gasteiger partial charge in [0.25, 0.3) is 10.0 Å². The Kier molecular flexibility index (Phi) is 4.62. The molecule has 4 rings (SSSR count). The van der Waals surface area contributed by atoms with Gasteiger partial charge in [0, 0.05) is 0 Å². The molecular weight excluding hydrogens is 376 g/mol. The van der Waals surface area contributed by atoms with E-state index in [4.69, 9.17) is 5.21 Å². The first-order valence-electron chi connectivity index (χ1n) is 8.74. The number of benzene rings is 3. The minimum atomic E-state index is -3.81. The van der Waals surface area contributed by atoms with Crippen LogP contribution in [0.5, 0.6) is 0 Å². The molecule has 0 bridgehead atoms. The predicted octanol–water partition coefficient (Wildman–Crippen LogP) is 3.50. The fourth-order valence-corrected chi connectivity index (χ4v) is 5.44. The van der Waals surface area contributed by atoms with Crippen LogP contribution in [0.2, 0.25) is 0 Å². The van der Waals surface area contributed by atoms with E-state index < -0.39 is 22.0 Å². The summed E-state index contributed by atoms with van der Waals surface area (Å²) in [4.78, 5) is 12.0. The van der Waals surface area contributed by atoms with E-state index in [1.54, 1.807) is 35.8 Å². The Morgan fingerprint density at radius 2 is 1.50 bits per heavy atom. The molecule has 0 radical (unpaired) electrons. The molecule has 0 saturated carbocycles. The van der Waals surface area contributed by atoms with E-state index in [2.05, 4.69) is 0 Å². The minimum absolute atomic E-state index is 0.179. The first kappa shape index (κ1) is 18.2. The average molecular weight is 394 g/mol. The Labute approximate surface area is 163 Å². The molecule has 1 atom stereocenters. The SMILES string of the molecule is O=C(CC1c2ccccc2S(=O)(=O)N1c1ccc(-c2ccccc2)cc1)NO. The number of hydrogen-bond acceptors (Lipinski definition) is 4. The Balaban J connectivity index is 1.77. The predicted molar refractivity (Wildman–Crippen MR) is 105 cm³/mol. The number of carbonyl (C=O) groups excluding carboxylic acids is 1. The van der Waals surface area contributed by atoms with Crippen LogP contribution in [-0.4, -0.2) is 19.5 Å². The molecule has 1 amide bonds. The molecule has 0 aliphatic carbocycles. The number of hydrogen-bond donors (Lipinski definition) is 2. The molecule has 1 aliphatic heterocycles. The van der Waals surface area contributed by atoms with Crippen LogP contribution in [0, 0.1) is 0 Å². The maximum absolute atomic E-state index is 13.2. The molecule has 1 unspecified atom stereocenters. The highest BCUT2D eigenvalue weighted by Crippen LogP contribution is 2.44. The van der Waals surface area contributed by atoms with Gasteiger partial charge in [-0.05, 0) is 34.9 Å². The third-order valence-corrected chi connectivity index (χ3v) is 6.74. The van der Waals surface area contributed by atoms with Crippen molar-refractivity contribution in [1.29, 1.82) is 0 Å². The van der Waals surface area contributed by atoms with Gasteiger partial charge in [-0.25, -0.2) is 13.9 Å². The van der Waals surface area contributed by atoms with E-state index in [-0.39, 0.29) is 11.3 Å². The third-order valence-electron chi connectivity index (χ3n) is 4.83. The summed E-state index contributed by atoms with van der Waals surface area (Å²) in [5.41, 5.74) is 4.58. The lowest BCUT2D eigenvalue weighted by molar-refractivity contribution is -0.129. The number of fused-ring (bicyclic) bond motifs is 1. The molecule has 6 nitrogen and oxygen atoms in total. The summed E-state index contributed by atoms with van der Waals surface area (Å²) < 4.78 is 27.6. The van der Waals surface area contributed by atoms with Crippen LogP contribution in [0.15, 0.2) is 83.8 Å². The van der Waals surface area contributed by atoms with Crippen molar-refractivity contribution >= 4 is 21.6 Å². The van der Waals surface area contributed by atoms with Gasteiger partial charge in [0.05, 0.1) is 23.0 Å². The molecule has 0 spiro atoms. The number of amides is 1. The molecule has 7 heteroatoms. The van der Waals surface area contributed by atoms with Gasteiger partial charge in [-0.3, -0.25) is 14.3 Å². The Morgan fingerprint density at radius 1 is 0.893 bits per heavy atom. The highest BCUT2D eigenvalue weighted by Gasteiger charge is 2.43. The molecule has 3 aromatic carbocycles. The number of hydroxylamine groups is 1. The summed E-state index contributed by atoms with van der Waals surface area (Å²) in [6, 6.07) is 22.8. The second-order valence-electron chi connectivity index (χ2n) is 6.51. The molecule has 0 aromatic heterocycles. The smallest absolute Gasteiger partial charge is 0.265 e. The fraction of sp³-hybridized carbons (Fsp3) is 0.0952. The van der Waals surface area contributed by atoms with Gasteiger partial charge < -0.3 is 0 Å². The largest absolute Gasteiger partial charge is 0.289 e. The van der Waals surface area contributed by atoms with E-state index >= 15 is 0 Å². The normalized spacial score (nSPS) is 17.2. The monoisotopic (exact) mass is 394 g/mol. The first-order chi connectivity index (χ1) is 13.5. The quantitative estimate of drug-likeness (QED) is 0.524. The van der Waals surface area contributed by atoms with Crippen LogP contribution in [-0.2, 0) is 14.8 Å². The summed E-state index contributed by atoms with van der Waals surface area (Å²) >= 11 is 0. The van der Waals surface area contributed by atoms with Gasteiger partial charge in [0.2, 0.25) is 5.91 Å². The Bertz CT molecular complexity index is 1110. The summed E-state index contributed by atoms with van der Waals surface area (Å²) in [6.45, 7) is 0. The van der Waals surface area contributed by atoms with Gasteiger partial charge in [-0.2, -0.15) is 0 Å². The lowest BCUT2D eigenvalue weighted by atomic mass is 10.0. The van der Waals surface area contributed by atoms with Crippen molar-refractivity contribution in [3.8, 4) is 11.1 Å². The van der Waals surface area contributed by atoms with E-state index in [1.165, 1.54) is 10.4 Å². The molecular formula is C21H18N2O4S. The zero-order valence-electron chi connectivity index (χ0n) is 14.8. The van der Waals surface area contributed by atoms with Gasteiger partial charge in [0.1, 0.15) is 0 Å². The van der Waals surface area contributed by atoms with Gasteiger partial charge >= 0.3 is 0 Å². The second kappa shape index (κ2) is 7.10. The maximum atomic E-state index is 13.2. The fourth-order valence-electron chi connectivity index (χ4n) is 3.55. The lowest BCUT2D eigenvalue weighted by Crippen LogP contribution is -2.32. The van der Waals surface area contributed by atoms with Crippen molar-refractivity contribution < 1.29 is 18.4 Å². The second-order valence-corrected chi connectivity index (χ2v) is 8.29. The van der Waals surface area contributed by atoms with Gasteiger partial charge in [-0.15, -0.1) is 0 Å². The first-order valence-corrected chi connectivity index (χ1v) is 10.2. The molecule has 3 aromatic rings. The number of anilines is 1. The zero-order valence-corrected chi connectivity index (χ0v) is 15.6. The van der Waals surface area contributed by atoms with E-state index in [0.717, 1.165) is 11.1 Å². The van der Waals surface area contributed by atoms with Crippen molar-refractivity contribution in [2.24, 2.45) is 0 Å². The number of carbonyl (C=O) groups is 1. The number of rotatable bonds is 4. The summed E-state index contributed by atoms with van der Waals surface area (Å²) in [6.07, 6.45) is -0.187. The standard InChI is InChI=1S/C21H18N2O4S/c24-21(22-25)14-19-18-8-4-5-9-20(18)28(26,27)23(19)17-12-10-16(11-13-17)15-6-2-1-3-7-15/h1-13,19,25H,14H2,(H,22,24). The average Bonchev–Trinajstić information content (AvgIpc) is 2.95. The zero-order chi connectivity index (χ0) is 19.7. The number of nitrogens with one attached hydrogen (secondary N) is 1. The van der Waals surface area contributed by atoms with Crippen molar-refractivity contribution in [3.63, 3.8) is 0 Å². The van der Waals surface area contributed by atoms with Crippen LogP contribution in [0.4, 0.5) is 5.69 Å². The highest BCUT2D eigenvalue weighted by atomic mass is 32.2. The molecule has 142 valence electrons. The minimum Gasteiger partial charge on any atom is -0.289 e. The summed E-state index contributed by atoms with van der Waals surface area (Å²) in [5, 5.41) is 8.92. The molecule has 0 fully saturated rings. The van der Waals surface area contributed by atoms with Crippen molar-refractivity contribution in [2.45, 2.75) is 17.4 Å². The topological polar surface area (TPSA) is 86.7 Å². The van der Waals surface area contributed by atoms with Crippen LogP contribution >= 0.6 is 0 Å². The van der Waals surface area contributed by atoms with Crippen LogP contribution in [0.25, 0.3) is 11.1 Å². The van der Waals surface area contributed by atoms with Crippen molar-refractivity contribution in [2.75, 3.05) is 4.31 Å². The molecule has 0 saturated heterocycles.